The number of hydrogen-bond acceptors (Lipinski definition) is 5. The van der Waals surface area contributed by atoms with E-state index >= 15 is 0 Å². The van der Waals surface area contributed by atoms with Crippen molar-refractivity contribution in [2.75, 3.05) is 13.1 Å². The van der Waals surface area contributed by atoms with Gasteiger partial charge in [-0.05, 0) is 12.1 Å². The van der Waals surface area contributed by atoms with Crippen LogP contribution in [0.15, 0.2) is 41.0 Å². The Morgan fingerprint density at radius 1 is 1.30 bits per heavy atom. The molecule has 2 N–H and O–H groups in total. The SMILES string of the molecule is O=C(CN1CC(=O)NC1=O)NCc1coc(-c2ccccc2)n1. The highest BCUT2D eigenvalue weighted by Gasteiger charge is 2.28. The Hall–Kier alpha value is -3.16. The van der Waals surface area contributed by atoms with Gasteiger partial charge in [-0.25, -0.2) is 9.78 Å². The van der Waals surface area contributed by atoms with Gasteiger partial charge < -0.3 is 14.6 Å². The van der Waals surface area contributed by atoms with E-state index in [1.807, 2.05) is 30.3 Å². The van der Waals surface area contributed by atoms with Crippen LogP contribution in [0.1, 0.15) is 5.69 Å². The lowest BCUT2D eigenvalue weighted by molar-refractivity contribution is -0.122. The van der Waals surface area contributed by atoms with Gasteiger partial charge in [0.15, 0.2) is 0 Å². The molecule has 8 nitrogen and oxygen atoms in total. The molecule has 2 aromatic rings. The van der Waals surface area contributed by atoms with Gasteiger partial charge in [0, 0.05) is 5.56 Å². The van der Waals surface area contributed by atoms with Gasteiger partial charge in [-0.2, -0.15) is 0 Å². The van der Waals surface area contributed by atoms with Crippen molar-refractivity contribution in [3.8, 4) is 11.5 Å². The molecule has 1 saturated heterocycles. The summed E-state index contributed by atoms with van der Waals surface area (Å²) in [6.45, 7) is -0.103. The van der Waals surface area contributed by atoms with Crippen LogP contribution in [0.4, 0.5) is 4.79 Å². The van der Waals surface area contributed by atoms with E-state index in [-0.39, 0.29) is 25.5 Å². The molecule has 1 aliphatic heterocycles. The number of nitrogens with zero attached hydrogens (tertiary/aromatic N) is 2. The monoisotopic (exact) mass is 314 g/mol. The fourth-order valence-corrected chi connectivity index (χ4v) is 2.13. The lowest BCUT2D eigenvalue weighted by Crippen LogP contribution is -2.38. The predicted molar refractivity (Wildman–Crippen MR) is 78.9 cm³/mol. The Morgan fingerprint density at radius 2 is 2.09 bits per heavy atom. The highest BCUT2D eigenvalue weighted by molar-refractivity contribution is 6.03. The molecule has 1 fully saturated rings. The molecular weight excluding hydrogens is 300 g/mol. The van der Waals surface area contributed by atoms with Gasteiger partial charge in [-0.1, -0.05) is 18.2 Å². The summed E-state index contributed by atoms with van der Waals surface area (Å²) < 4.78 is 5.37. The Morgan fingerprint density at radius 3 is 2.78 bits per heavy atom. The minimum atomic E-state index is -0.557. The van der Waals surface area contributed by atoms with Gasteiger partial charge in [0.05, 0.1) is 12.2 Å². The molecule has 23 heavy (non-hydrogen) atoms. The summed E-state index contributed by atoms with van der Waals surface area (Å²) in [6.07, 6.45) is 1.47. The van der Waals surface area contributed by atoms with E-state index in [0.717, 1.165) is 10.5 Å². The lowest BCUT2D eigenvalue weighted by Gasteiger charge is -2.12. The van der Waals surface area contributed by atoms with Crippen molar-refractivity contribution >= 4 is 17.8 Å². The number of oxazole rings is 1. The second kappa shape index (κ2) is 6.30. The molecule has 0 radical (unpaired) electrons. The van der Waals surface area contributed by atoms with Crippen LogP contribution in [-0.4, -0.2) is 40.8 Å². The van der Waals surface area contributed by atoms with Crippen molar-refractivity contribution in [3.63, 3.8) is 0 Å². The number of imide groups is 1. The number of carbonyl (C=O) groups is 3. The van der Waals surface area contributed by atoms with E-state index in [1.54, 1.807) is 0 Å². The second-order valence-corrected chi connectivity index (χ2v) is 5.00. The molecule has 0 saturated carbocycles. The van der Waals surface area contributed by atoms with Crippen molar-refractivity contribution in [1.82, 2.24) is 20.5 Å². The average Bonchev–Trinajstić information content (AvgIpc) is 3.13. The van der Waals surface area contributed by atoms with E-state index < -0.39 is 11.9 Å². The summed E-state index contributed by atoms with van der Waals surface area (Å²) in [5.41, 5.74) is 1.41. The van der Waals surface area contributed by atoms with Gasteiger partial charge in [0.25, 0.3) is 0 Å². The number of amides is 4. The van der Waals surface area contributed by atoms with Crippen LogP contribution in [0.25, 0.3) is 11.5 Å². The number of benzene rings is 1. The Kier molecular flexibility index (Phi) is 4.05. The molecule has 0 spiro atoms. The quantitative estimate of drug-likeness (QED) is 0.782. The highest BCUT2D eigenvalue weighted by Crippen LogP contribution is 2.17. The standard InChI is InChI=1S/C15H14N4O4/c20-12(7-19-8-13(21)18-15(19)22)16-6-11-9-23-14(17-11)10-4-2-1-3-5-10/h1-5,9H,6-8H2,(H,16,20)(H,18,21,22). The zero-order chi connectivity index (χ0) is 16.2. The fourth-order valence-electron chi connectivity index (χ4n) is 2.13. The van der Waals surface area contributed by atoms with E-state index in [2.05, 4.69) is 15.6 Å². The molecule has 0 unspecified atom stereocenters. The molecular formula is C15H14N4O4. The first-order valence-electron chi connectivity index (χ1n) is 6.97. The van der Waals surface area contributed by atoms with E-state index in [1.165, 1.54) is 6.26 Å². The van der Waals surface area contributed by atoms with Gasteiger partial charge in [-0.15, -0.1) is 0 Å². The summed E-state index contributed by atoms with van der Waals surface area (Å²) in [5.74, 6) is -0.315. The molecule has 3 rings (SSSR count). The maximum Gasteiger partial charge on any atom is 0.325 e. The van der Waals surface area contributed by atoms with Crippen LogP contribution in [0, 0.1) is 0 Å². The second-order valence-electron chi connectivity index (χ2n) is 5.00. The molecule has 4 amide bonds. The summed E-state index contributed by atoms with van der Waals surface area (Å²) >= 11 is 0. The minimum absolute atomic E-state index is 0.103. The third kappa shape index (κ3) is 3.54. The number of urea groups is 1. The van der Waals surface area contributed by atoms with Gasteiger partial charge in [-0.3, -0.25) is 14.9 Å². The zero-order valence-corrected chi connectivity index (χ0v) is 12.1. The first kappa shape index (κ1) is 14.8. The van der Waals surface area contributed by atoms with Crippen LogP contribution < -0.4 is 10.6 Å². The zero-order valence-electron chi connectivity index (χ0n) is 12.1. The summed E-state index contributed by atoms with van der Waals surface area (Å²) in [6, 6.07) is 8.84. The molecule has 8 heteroatoms. The molecule has 1 aromatic heterocycles. The van der Waals surface area contributed by atoms with Gasteiger partial charge >= 0.3 is 6.03 Å². The topological polar surface area (TPSA) is 105 Å². The number of aromatic nitrogens is 1. The molecule has 0 aliphatic carbocycles. The van der Waals surface area contributed by atoms with E-state index in [0.29, 0.717) is 11.6 Å². The molecule has 118 valence electrons. The van der Waals surface area contributed by atoms with Crippen LogP contribution in [0.5, 0.6) is 0 Å². The maximum atomic E-state index is 11.8. The Balaban J connectivity index is 1.53. The number of rotatable bonds is 5. The van der Waals surface area contributed by atoms with Crippen LogP contribution in [-0.2, 0) is 16.1 Å². The molecule has 1 aromatic carbocycles. The number of carbonyl (C=O) groups excluding carboxylic acids is 3. The van der Waals surface area contributed by atoms with Gasteiger partial charge in [0.2, 0.25) is 17.7 Å². The third-order valence-corrected chi connectivity index (χ3v) is 3.24. The Labute approximate surface area is 131 Å². The van der Waals surface area contributed by atoms with Crippen LogP contribution in [0.2, 0.25) is 0 Å². The summed E-state index contributed by atoms with van der Waals surface area (Å²) in [4.78, 5) is 39.6. The van der Waals surface area contributed by atoms with Crippen molar-refractivity contribution < 1.29 is 18.8 Å². The van der Waals surface area contributed by atoms with Crippen molar-refractivity contribution in [1.29, 1.82) is 0 Å². The molecule has 0 atom stereocenters. The fraction of sp³-hybridized carbons (Fsp3) is 0.200. The normalized spacial score (nSPS) is 14.0. The first-order valence-corrected chi connectivity index (χ1v) is 6.97. The summed E-state index contributed by atoms with van der Waals surface area (Å²) in [7, 11) is 0. The molecule has 0 bridgehead atoms. The van der Waals surface area contributed by atoms with Gasteiger partial charge in [0.1, 0.15) is 19.4 Å². The molecule has 1 aliphatic rings. The van der Waals surface area contributed by atoms with Crippen LogP contribution in [0.3, 0.4) is 0 Å². The lowest BCUT2D eigenvalue weighted by atomic mass is 10.2. The maximum absolute atomic E-state index is 11.8. The van der Waals surface area contributed by atoms with E-state index in [4.69, 9.17) is 4.42 Å². The van der Waals surface area contributed by atoms with Crippen molar-refractivity contribution in [2.45, 2.75) is 6.54 Å². The number of nitrogens with one attached hydrogen (secondary N) is 2. The largest absolute Gasteiger partial charge is 0.444 e. The summed E-state index contributed by atoms with van der Waals surface area (Å²) in [5, 5.41) is 4.74. The smallest absolute Gasteiger partial charge is 0.325 e. The first-order chi connectivity index (χ1) is 11.1. The van der Waals surface area contributed by atoms with Crippen molar-refractivity contribution in [3.05, 3.63) is 42.3 Å². The Bertz CT molecular complexity index is 741. The van der Waals surface area contributed by atoms with E-state index in [9.17, 15) is 14.4 Å². The minimum Gasteiger partial charge on any atom is -0.444 e. The average molecular weight is 314 g/mol. The predicted octanol–water partition coefficient (Wildman–Crippen LogP) is 0.510. The molecule has 2 heterocycles. The van der Waals surface area contributed by atoms with Crippen molar-refractivity contribution in [2.24, 2.45) is 0 Å². The third-order valence-electron chi connectivity index (χ3n) is 3.24. The number of hydrogen-bond donors (Lipinski definition) is 2. The van der Waals surface area contributed by atoms with Crippen LogP contribution >= 0.6 is 0 Å². The highest BCUT2D eigenvalue weighted by atomic mass is 16.3.